The summed E-state index contributed by atoms with van der Waals surface area (Å²) in [6.07, 6.45) is -0.949. The fraction of sp³-hybridized carbons (Fsp3) is 0.364. The molecule has 10 nitrogen and oxygen atoms in total. The molecular weight excluding hydrogens is 286 g/mol. The maximum absolute atomic E-state index is 11.4. The van der Waals surface area contributed by atoms with Gasteiger partial charge < -0.3 is 9.57 Å². The van der Waals surface area contributed by atoms with Crippen LogP contribution in [0.4, 0.5) is 16.2 Å². The van der Waals surface area contributed by atoms with Crippen molar-refractivity contribution in [1.82, 2.24) is 5.48 Å². The zero-order valence-corrected chi connectivity index (χ0v) is 11.5. The van der Waals surface area contributed by atoms with Crippen molar-refractivity contribution in [3.63, 3.8) is 0 Å². The summed E-state index contributed by atoms with van der Waals surface area (Å²) in [5.41, 5.74) is -0.0239. The van der Waals surface area contributed by atoms with Crippen LogP contribution in [0.5, 0.6) is 5.75 Å². The van der Waals surface area contributed by atoms with Crippen LogP contribution >= 0.6 is 0 Å². The third kappa shape index (κ3) is 4.93. The summed E-state index contributed by atoms with van der Waals surface area (Å²) in [7, 11) is 0. The highest BCUT2D eigenvalue weighted by Crippen LogP contribution is 2.30. The van der Waals surface area contributed by atoms with Gasteiger partial charge in [0, 0.05) is 6.07 Å². The van der Waals surface area contributed by atoms with Gasteiger partial charge in [-0.15, -0.1) is 0 Å². The zero-order valence-electron chi connectivity index (χ0n) is 11.5. The van der Waals surface area contributed by atoms with Crippen molar-refractivity contribution in [1.29, 1.82) is 0 Å². The van der Waals surface area contributed by atoms with Crippen LogP contribution in [0.25, 0.3) is 0 Å². The number of ether oxygens (including phenoxy) is 1. The number of nitrogens with zero attached hydrogens (tertiary/aromatic N) is 2. The van der Waals surface area contributed by atoms with E-state index in [0.717, 1.165) is 18.2 Å². The molecule has 1 N–H and O–H groups in total. The molecule has 0 fully saturated rings. The lowest BCUT2D eigenvalue weighted by molar-refractivity contribution is -0.394. The van der Waals surface area contributed by atoms with Crippen LogP contribution in [-0.4, -0.2) is 21.5 Å². The average molecular weight is 299 g/mol. The number of hydrogen-bond donors (Lipinski definition) is 1. The summed E-state index contributed by atoms with van der Waals surface area (Å²) in [5, 5.41) is 21.4. The molecule has 0 saturated carbocycles. The highest BCUT2D eigenvalue weighted by molar-refractivity contribution is 5.67. The van der Waals surface area contributed by atoms with E-state index >= 15 is 0 Å². The van der Waals surface area contributed by atoms with E-state index in [1.165, 1.54) is 0 Å². The number of non-ortho nitro benzene ring substituents is 1. The minimum Gasteiger partial charge on any atom is -0.442 e. The maximum atomic E-state index is 11.4. The van der Waals surface area contributed by atoms with Gasteiger partial charge in [0.15, 0.2) is 0 Å². The molecule has 0 radical (unpaired) electrons. The number of benzene rings is 1. The summed E-state index contributed by atoms with van der Waals surface area (Å²) in [5.74, 6) is -0.351. The Morgan fingerprint density at radius 2 is 1.81 bits per heavy atom. The molecule has 0 atom stereocenters. The lowest BCUT2D eigenvalue weighted by Gasteiger charge is -2.19. The molecule has 21 heavy (non-hydrogen) atoms. The van der Waals surface area contributed by atoms with Crippen molar-refractivity contribution in [2.24, 2.45) is 0 Å². The van der Waals surface area contributed by atoms with E-state index in [4.69, 9.17) is 9.57 Å². The first-order valence-electron chi connectivity index (χ1n) is 5.69. The molecule has 0 aliphatic rings. The van der Waals surface area contributed by atoms with Gasteiger partial charge >= 0.3 is 11.8 Å². The van der Waals surface area contributed by atoms with Crippen LogP contribution in [-0.2, 0) is 4.74 Å². The summed E-state index contributed by atoms with van der Waals surface area (Å²) >= 11 is 0. The van der Waals surface area contributed by atoms with Crippen LogP contribution in [0, 0.1) is 20.2 Å². The summed E-state index contributed by atoms with van der Waals surface area (Å²) in [4.78, 5) is 35.9. The number of rotatable bonds is 4. The Morgan fingerprint density at radius 1 is 1.19 bits per heavy atom. The Labute approximate surface area is 118 Å². The van der Waals surface area contributed by atoms with Gasteiger partial charge in [0.25, 0.3) is 5.69 Å². The van der Waals surface area contributed by atoms with Crippen LogP contribution in [0.1, 0.15) is 20.8 Å². The highest BCUT2D eigenvalue weighted by Gasteiger charge is 2.23. The molecule has 1 amide bonds. The number of nitro benzene ring substituents is 2. The number of hydroxylamine groups is 1. The normalized spacial score (nSPS) is 10.6. The number of amides is 1. The van der Waals surface area contributed by atoms with Crippen molar-refractivity contribution in [2.75, 3.05) is 0 Å². The second-order valence-corrected chi connectivity index (χ2v) is 4.87. The van der Waals surface area contributed by atoms with Gasteiger partial charge in [-0.2, -0.15) is 5.48 Å². The molecule has 10 heteroatoms. The standard InChI is InChI=1S/C11H13N3O7/c1-11(2,3)20-10(15)12-21-9-5-4-7(13(16)17)6-8(9)14(18)19/h4-6H,1-3H3,(H,12,15). The number of carbonyl (C=O) groups is 1. The second-order valence-electron chi connectivity index (χ2n) is 4.87. The molecule has 0 saturated heterocycles. The van der Waals surface area contributed by atoms with Gasteiger partial charge in [-0.1, -0.05) is 0 Å². The van der Waals surface area contributed by atoms with E-state index < -0.39 is 32.9 Å². The SMILES string of the molecule is CC(C)(C)OC(=O)NOc1ccc([N+](=O)[O-])cc1[N+](=O)[O-]. The van der Waals surface area contributed by atoms with Crippen molar-refractivity contribution < 1.29 is 24.2 Å². The smallest absolute Gasteiger partial charge is 0.441 e. The molecule has 0 heterocycles. The Morgan fingerprint density at radius 3 is 2.29 bits per heavy atom. The second kappa shape index (κ2) is 6.03. The lowest BCUT2D eigenvalue weighted by atomic mass is 10.2. The van der Waals surface area contributed by atoms with Gasteiger partial charge in [-0.05, 0) is 26.8 Å². The monoisotopic (exact) mass is 299 g/mol. The van der Waals surface area contributed by atoms with E-state index in [-0.39, 0.29) is 5.75 Å². The highest BCUT2D eigenvalue weighted by atomic mass is 16.7. The molecule has 1 aromatic carbocycles. The van der Waals surface area contributed by atoms with E-state index in [9.17, 15) is 25.0 Å². The third-order valence-electron chi connectivity index (χ3n) is 1.99. The van der Waals surface area contributed by atoms with Crippen molar-refractivity contribution in [2.45, 2.75) is 26.4 Å². The predicted octanol–water partition coefficient (Wildman–Crippen LogP) is 2.32. The number of nitrogens with one attached hydrogen (secondary N) is 1. The molecule has 0 spiro atoms. The molecule has 0 aliphatic heterocycles. The molecule has 1 aromatic rings. The van der Waals surface area contributed by atoms with Crippen LogP contribution < -0.4 is 10.3 Å². The van der Waals surface area contributed by atoms with Gasteiger partial charge in [-0.25, -0.2) is 4.79 Å². The first-order chi connectivity index (χ1) is 9.60. The molecule has 0 bridgehead atoms. The minimum absolute atomic E-state index is 0.351. The third-order valence-corrected chi connectivity index (χ3v) is 1.99. The first kappa shape index (κ1) is 16.1. The van der Waals surface area contributed by atoms with E-state index in [1.54, 1.807) is 20.8 Å². The fourth-order valence-corrected chi connectivity index (χ4v) is 1.24. The van der Waals surface area contributed by atoms with Crippen LogP contribution in [0.2, 0.25) is 0 Å². The summed E-state index contributed by atoms with van der Waals surface area (Å²) in [6, 6.07) is 2.75. The van der Waals surface area contributed by atoms with E-state index in [1.807, 2.05) is 5.48 Å². The first-order valence-corrected chi connectivity index (χ1v) is 5.69. The minimum atomic E-state index is -0.949. The van der Waals surface area contributed by atoms with Gasteiger partial charge in [0.1, 0.15) is 5.60 Å². The maximum Gasteiger partial charge on any atom is 0.441 e. The molecule has 0 aromatic heterocycles. The molecule has 1 rings (SSSR count). The predicted molar refractivity (Wildman–Crippen MR) is 69.7 cm³/mol. The molecule has 114 valence electrons. The average Bonchev–Trinajstić information content (AvgIpc) is 2.33. The fourth-order valence-electron chi connectivity index (χ4n) is 1.24. The quantitative estimate of drug-likeness (QED) is 0.665. The van der Waals surface area contributed by atoms with Crippen molar-refractivity contribution >= 4 is 17.5 Å². The Balaban J connectivity index is 2.86. The largest absolute Gasteiger partial charge is 0.442 e. The lowest BCUT2D eigenvalue weighted by Crippen LogP contribution is -2.34. The van der Waals surface area contributed by atoms with E-state index in [0.29, 0.717) is 0 Å². The molecular formula is C11H13N3O7. The molecule has 0 aliphatic carbocycles. The topological polar surface area (TPSA) is 134 Å². The number of carbonyl (C=O) groups excluding carboxylic acids is 1. The number of hydrogen-bond acceptors (Lipinski definition) is 7. The Hall–Kier alpha value is -2.91. The van der Waals surface area contributed by atoms with Crippen LogP contribution in [0.3, 0.4) is 0 Å². The zero-order chi connectivity index (χ0) is 16.2. The van der Waals surface area contributed by atoms with Gasteiger partial charge in [-0.3, -0.25) is 20.2 Å². The van der Waals surface area contributed by atoms with E-state index in [2.05, 4.69) is 0 Å². The summed E-state index contributed by atoms with van der Waals surface area (Å²) < 4.78 is 4.87. The Bertz CT molecular complexity index is 580. The molecule has 0 unspecified atom stereocenters. The number of nitro groups is 2. The van der Waals surface area contributed by atoms with Gasteiger partial charge in [0.2, 0.25) is 5.75 Å². The van der Waals surface area contributed by atoms with Crippen molar-refractivity contribution in [3.8, 4) is 5.75 Å². The Kier molecular flexibility index (Phi) is 4.64. The van der Waals surface area contributed by atoms with Crippen LogP contribution in [0.15, 0.2) is 18.2 Å². The van der Waals surface area contributed by atoms with Gasteiger partial charge in [0.05, 0.1) is 15.9 Å². The van der Waals surface area contributed by atoms with Crippen molar-refractivity contribution in [3.05, 3.63) is 38.4 Å². The summed E-state index contributed by atoms with van der Waals surface area (Å²) in [6.45, 7) is 4.88.